The molecule has 0 spiro atoms. The Morgan fingerprint density at radius 1 is 1.67 bits per heavy atom. The molecule has 0 unspecified atom stereocenters. The number of aryl methyl sites for hydroxylation is 1. The van der Waals surface area contributed by atoms with E-state index in [1.165, 1.54) is 14.2 Å². The monoisotopic (exact) mass is 170 g/mol. The Hall–Kier alpha value is -1.52. The van der Waals surface area contributed by atoms with Crippen LogP contribution in [0.5, 0.6) is 5.88 Å². The third-order valence-corrected chi connectivity index (χ3v) is 1.48. The van der Waals surface area contributed by atoms with Crippen LogP contribution in [0.2, 0.25) is 0 Å². The van der Waals surface area contributed by atoms with E-state index in [-0.39, 0.29) is 11.8 Å². The lowest BCUT2D eigenvalue weighted by molar-refractivity contribution is 0.0959. The molecule has 1 rings (SSSR count). The average molecular weight is 170 g/mol. The predicted molar refractivity (Wildman–Crippen MR) is 41.2 cm³/mol. The van der Waals surface area contributed by atoms with Gasteiger partial charge in [-0.2, -0.15) is 0 Å². The molecule has 1 amide bonds. The van der Waals surface area contributed by atoms with E-state index in [1.54, 1.807) is 6.92 Å². The lowest BCUT2D eigenvalue weighted by Gasteiger charge is -1.97. The lowest BCUT2D eigenvalue weighted by atomic mass is 10.2. The van der Waals surface area contributed by atoms with Crippen LogP contribution in [0.1, 0.15) is 16.1 Å². The molecule has 5 nitrogen and oxygen atoms in total. The van der Waals surface area contributed by atoms with Gasteiger partial charge in [-0.15, -0.1) is 0 Å². The predicted octanol–water partition coefficient (Wildman–Crippen LogP) is 0.351. The molecule has 0 bridgehead atoms. The lowest BCUT2D eigenvalue weighted by Crippen LogP contribution is -2.18. The summed E-state index contributed by atoms with van der Waals surface area (Å²) in [7, 11) is 2.97. The van der Waals surface area contributed by atoms with E-state index in [0.717, 1.165) is 0 Å². The largest absolute Gasteiger partial charge is 0.478 e. The zero-order valence-electron chi connectivity index (χ0n) is 7.17. The molecule has 1 heterocycles. The fourth-order valence-electron chi connectivity index (χ4n) is 0.873. The van der Waals surface area contributed by atoms with E-state index in [9.17, 15) is 4.79 Å². The summed E-state index contributed by atoms with van der Waals surface area (Å²) >= 11 is 0. The van der Waals surface area contributed by atoms with E-state index in [0.29, 0.717) is 11.3 Å². The topological polar surface area (TPSA) is 64.4 Å². The Balaban J connectivity index is 3.10. The molecule has 1 aromatic rings. The number of ether oxygens (including phenoxy) is 1. The van der Waals surface area contributed by atoms with Crippen LogP contribution in [0.3, 0.4) is 0 Å². The van der Waals surface area contributed by atoms with Gasteiger partial charge in [-0.25, -0.2) is 0 Å². The number of rotatable bonds is 2. The summed E-state index contributed by atoms with van der Waals surface area (Å²) in [6.45, 7) is 1.65. The number of aromatic nitrogens is 1. The number of methoxy groups -OCH3 is 1. The number of carbonyl (C=O) groups excluding carboxylic acids is 1. The van der Waals surface area contributed by atoms with Crippen LogP contribution < -0.4 is 10.1 Å². The van der Waals surface area contributed by atoms with Gasteiger partial charge in [0.15, 0.2) is 5.76 Å². The highest BCUT2D eigenvalue weighted by Gasteiger charge is 2.19. The van der Waals surface area contributed by atoms with Crippen LogP contribution in [0.25, 0.3) is 0 Å². The average Bonchev–Trinajstić information content (AvgIpc) is 2.45. The first kappa shape index (κ1) is 8.58. The van der Waals surface area contributed by atoms with Crippen molar-refractivity contribution in [2.24, 2.45) is 0 Å². The van der Waals surface area contributed by atoms with Gasteiger partial charge in [-0.05, 0) is 12.1 Å². The molecular weight excluding hydrogens is 160 g/mol. The Labute approximate surface area is 69.7 Å². The van der Waals surface area contributed by atoms with E-state index >= 15 is 0 Å². The minimum atomic E-state index is -0.259. The fraction of sp³-hybridized carbons (Fsp3) is 0.429. The molecule has 66 valence electrons. The van der Waals surface area contributed by atoms with Crippen LogP contribution in [-0.4, -0.2) is 25.2 Å². The number of amides is 1. The van der Waals surface area contributed by atoms with Gasteiger partial charge < -0.3 is 14.6 Å². The van der Waals surface area contributed by atoms with Crippen LogP contribution in [-0.2, 0) is 0 Å². The Kier molecular flexibility index (Phi) is 2.32. The molecule has 5 heteroatoms. The second kappa shape index (κ2) is 3.25. The van der Waals surface area contributed by atoms with Gasteiger partial charge >= 0.3 is 0 Å². The molecule has 0 atom stereocenters. The normalized spacial score (nSPS) is 9.58. The van der Waals surface area contributed by atoms with Crippen molar-refractivity contribution in [3.63, 3.8) is 0 Å². The number of nitrogens with one attached hydrogen (secondary N) is 1. The van der Waals surface area contributed by atoms with Crippen molar-refractivity contribution < 1.29 is 14.1 Å². The zero-order chi connectivity index (χ0) is 9.14. The highest BCUT2D eigenvalue weighted by molar-refractivity contribution is 5.97. The fourth-order valence-corrected chi connectivity index (χ4v) is 0.873. The summed E-state index contributed by atoms with van der Waals surface area (Å²) in [4.78, 5) is 11.2. The van der Waals surface area contributed by atoms with Crippen molar-refractivity contribution in [1.82, 2.24) is 10.5 Å². The zero-order valence-corrected chi connectivity index (χ0v) is 7.17. The quantitative estimate of drug-likeness (QED) is 0.695. The first-order chi connectivity index (χ1) is 5.70. The van der Waals surface area contributed by atoms with Crippen molar-refractivity contribution in [2.45, 2.75) is 6.92 Å². The minimum Gasteiger partial charge on any atom is -0.478 e. The van der Waals surface area contributed by atoms with Crippen LogP contribution >= 0.6 is 0 Å². The molecule has 1 aromatic heterocycles. The summed E-state index contributed by atoms with van der Waals surface area (Å²) in [5.74, 6) is 0.406. The molecule has 0 aromatic carbocycles. The maximum atomic E-state index is 11.2. The first-order valence-corrected chi connectivity index (χ1v) is 3.43. The summed E-state index contributed by atoms with van der Waals surface area (Å²) in [6.07, 6.45) is 0. The first-order valence-electron chi connectivity index (χ1n) is 3.43. The van der Waals surface area contributed by atoms with Gasteiger partial charge in [-0.1, -0.05) is 0 Å². The van der Waals surface area contributed by atoms with Crippen LogP contribution in [0.4, 0.5) is 0 Å². The van der Waals surface area contributed by atoms with Gasteiger partial charge in [-0.3, -0.25) is 4.79 Å². The molecule has 0 saturated heterocycles. The molecule has 12 heavy (non-hydrogen) atoms. The smallest absolute Gasteiger partial charge is 0.267 e. The van der Waals surface area contributed by atoms with Crippen LogP contribution in [0.15, 0.2) is 4.52 Å². The highest BCUT2D eigenvalue weighted by Crippen LogP contribution is 2.19. The number of hydrogen-bond donors (Lipinski definition) is 1. The van der Waals surface area contributed by atoms with E-state index in [2.05, 4.69) is 10.5 Å². The maximum Gasteiger partial charge on any atom is 0.267 e. The van der Waals surface area contributed by atoms with Crippen molar-refractivity contribution in [3.8, 4) is 5.88 Å². The van der Waals surface area contributed by atoms with Crippen molar-refractivity contribution >= 4 is 5.91 Å². The standard InChI is InChI=1S/C7H10N2O3/c1-4-5(6(10)8-2)7(11-3)9-12-4/h1-3H3,(H,8,10). The second-order valence-electron chi connectivity index (χ2n) is 2.20. The third kappa shape index (κ3) is 1.25. The van der Waals surface area contributed by atoms with Gasteiger partial charge in [0, 0.05) is 7.05 Å². The number of hydrogen-bond acceptors (Lipinski definition) is 4. The molecule has 1 N–H and O–H groups in total. The molecule has 0 fully saturated rings. The Morgan fingerprint density at radius 2 is 2.33 bits per heavy atom. The molecule has 0 aliphatic carbocycles. The molecule has 0 aliphatic rings. The van der Waals surface area contributed by atoms with E-state index in [1.807, 2.05) is 0 Å². The molecule has 0 aliphatic heterocycles. The summed E-state index contributed by atoms with van der Waals surface area (Å²) in [6, 6.07) is 0. The van der Waals surface area contributed by atoms with E-state index < -0.39 is 0 Å². The summed E-state index contributed by atoms with van der Waals surface area (Å²) < 4.78 is 9.60. The Bertz CT molecular complexity index is 293. The molecule has 0 saturated carbocycles. The molecular formula is C7H10N2O3. The maximum absolute atomic E-state index is 11.2. The van der Waals surface area contributed by atoms with Gasteiger partial charge in [0.25, 0.3) is 11.8 Å². The van der Waals surface area contributed by atoms with Crippen molar-refractivity contribution in [3.05, 3.63) is 11.3 Å². The number of nitrogens with zero attached hydrogens (tertiary/aromatic N) is 1. The third-order valence-electron chi connectivity index (χ3n) is 1.48. The van der Waals surface area contributed by atoms with Crippen molar-refractivity contribution in [2.75, 3.05) is 14.2 Å². The SMILES string of the molecule is CNC(=O)c1c(OC)noc1C. The van der Waals surface area contributed by atoms with Crippen molar-refractivity contribution in [1.29, 1.82) is 0 Å². The minimum absolute atomic E-state index is 0.215. The van der Waals surface area contributed by atoms with Gasteiger partial charge in [0.2, 0.25) is 0 Å². The Morgan fingerprint density at radius 3 is 2.83 bits per heavy atom. The second-order valence-corrected chi connectivity index (χ2v) is 2.20. The van der Waals surface area contributed by atoms with Gasteiger partial charge in [0.1, 0.15) is 5.56 Å². The van der Waals surface area contributed by atoms with E-state index in [4.69, 9.17) is 9.26 Å². The van der Waals surface area contributed by atoms with Gasteiger partial charge in [0.05, 0.1) is 7.11 Å². The molecule has 0 radical (unpaired) electrons. The summed E-state index contributed by atoms with van der Waals surface area (Å²) in [5, 5.41) is 6.01. The number of carbonyl (C=O) groups is 1. The summed E-state index contributed by atoms with van der Waals surface area (Å²) in [5.41, 5.74) is 0.347. The highest BCUT2D eigenvalue weighted by atomic mass is 16.5. The van der Waals surface area contributed by atoms with Crippen LogP contribution in [0, 0.1) is 6.92 Å².